The van der Waals surface area contributed by atoms with Crippen molar-refractivity contribution in [2.75, 3.05) is 11.1 Å². The molecule has 9 nitrogen and oxygen atoms in total. The summed E-state index contributed by atoms with van der Waals surface area (Å²) >= 11 is 1.57. The van der Waals surface area contributed by atoms with Gasteiger partial charge in [0.2, 0.25) is 5.91 Å². The van der Waals surface area contributed by atoms with Crippen LogP contribution in [0.1, 0.15) is 71.5 Å². The average molecular weight is 580 g/mol. The van der Waals surface area contributed by atoms with Crippen molar-refractivity contribution in [3.8, 4) is 0 Å². The van der Waals surface area contributed by atoms with Gasteiger partial charge in [-0.15, -0.1) is 11.8 Å². The molecule has 1 aliphatic rings. The lowest BCUT2D eigenvalue weighted by Gasteiger charge is -2.36. The van der Waals surface area contributed by atoms with Crippen LogP contribution in [0, 0.1) is 0 Å². The quantitative estimate of drug-likeness (QED) is 0.146. The number of amides is 1. The fourth-order valence-corrected chi connectivity index (χ4v) is 5.38. The Labute approximate surface area is 242 Å². The van der Waals surface area contributed by atoms with E-state index >= 15 is 0 Å². The second kappa shape index (κ2) is 14.8. The van der Waals surface area contributed by atoms with E-state index in [-0.39, 0.29) is 43.1 Å². The molecule has 0 spiro atoms. The van der Waals surface area contributed by atoms with Crippen LogP contribution in [0.2, 0.25) is 0 Å². The number of aliphatic hydroxyl groups is 1. The van der Waals surface area contributed by atoms with Gasteiger partial charge in [0.25, 0.3) is 0 Å². The largest absolute Gasteiger partial charge is 0.481 e. The zero-order valence-electron chi connectivity index (χ0n) is 22.4. The number of rotatable bonds is 13. The Bertz CT molecular complexity index is 1330. The molecule has 0 aromatic heterocycles. The van der Waals surface area contributed by atoms with Gasteiger partial charge in [0.05, 0.1) is 24.4 Å². The Morgan fingerprint density at radius 1 is 0.878 bits per heavy atom. The summed E-state index contributed by atoms with van der Waals surface area (Å²) in [7, 11) is 0. The Kier molecular flexibility index (Phi) is 10.9. The molecule has 1 fully saturated rings. The van der Waals surface area contributed by atoms with Crippen molar-refractivity contribution < 1.29 is 39.2 Å². The summed E-state index contributed by atoms with van der Waals surface area (Å²) in [6.45, 7) is -0.0461. The Hall–Kier alpha value is -3.70. The van der Waals surface area contributed by atoms with Gasteiger partial charge in [-0.25, -0.2) is 4.79 Å². The lowest BCUT2D eigenvalue weighted by molar-refractivity contribution is -0.245. The molecule has 0 unspecified atom stereocenters. The van der Waals surface area contributed by atoms with Gasteiger partial charge >= 0.3 is 11.9 Å². The maximum Gasteiger partial charge on any atom is 0.335 e. The van der Waals surface area contributed by atoms with Crippen LogP contribution in [0.3, 0.4) is 0 Å². The van der Waals surface area contributed by atoms with Gasteiger partial charge in [0.1, 0.15) is 0 Å². The van der Waals surface area contributed by atoms with Crippen molar-refractivity contribution in [1.82, 2.24) is 0 Å². The van der Waals surface area contributed by atoms with E-state index in [2.05, 4.69) is 5.32 Å². The third kappa shape index (κ3) is 9.15. The summed E-state index contributed by atoms with van der Waals surface area (Å²) in [6, 6.07) is 21.6. The minimum Gasteiger partial charge on any atom is -0.481 e. The lowest BCUT2D eigenvalue weighted by atomic mass is 10.0. The minimum absolute atomic E-state index is 0.0378. The van der Waals surface area contributed by atoms with E-state index in [1.54, 1.807) is 42.1 Å². The number of hydrogen-bond donors (Lipinski definition) is 4. The molecule has 3 aromatic rings. The van der Waals surface area contributed by atoms with E-state index in [1.807, 2.05) is 42.5 Å². The number of aliphatic hydroxyl groups excluding tert-OH is 1. The number of aliphatic carboxylic acids is 1. The van der Waals surface area contributed by atoms with E-state index in [1.165, 1.54) is 0 Å². The summed E-state index contributed by atoms with van der Waals surface area (Å²) in [5.74, 6) is -1.42. The molecule has 4 N–H and O–H groups in total. The summed E-state index contributed by atoms with van der Waals surface area (Å²) in [5.41, 5.74) is 3.33. The highest BCUT2D eigenvalue weighted by molar-refractivity contribution is 7.99. The minimum atomic E-state index is -0.969. The molecule has 4 rings (SSSR count). The van der Waals surface area contributed by atoms with Crippen LogP contribution in [0.15, 0.2) is 77.7 Å². The van der Waals surface area contributed by atoms with Crippen LogP contribution in [-0.4, -0.2) is 45.0 Å². The van der Waals surface area contributed by atoms with Crippen LogP contribution in [0.4, 0.5) is 5.69 Å². The molecule has 41 heavy (non-hydrogen) atoms. The number of benzene rings is 3. The van der Waals surface area contributed by atoms with Gasteiger partial charge in [-0.2, -0.15) is 0 Å². The number of carbonyl (C=O) groups excluding carboxylic acids is 1. The first-order valence-electron chi connectivity index (χ1n) is 13.4. The van der Waals surface area contributed by atoms with Crippen LogP contribution in [0.25, 0.3) is 0 Å². The predicted molar refractivity (Wildman–Crippen MR) is 154 cm³/mol. The molecule has 1 heterocycles. The van der Waals surface area contributed by atoms with Gasteiger partial charge in [-0.3, -0.25) is 9.59 Å². The monoisotopic (exact) mass is 579 g/mol. The number of nitrogens with one attached hydrogen (secondary N) is 1. The second-order valence-corrected chi connectivity index (χ2v) is 10.9. The van der Waals surface area contributed by atoms with E-state index in [4.69, 9.17) is 19.7 Å². The van der Waals surface area contributed by atoms with Crippen molar-refractivity contribution in [3.63, 3.8) is 0 Å². The summed E-state index contributed by atoms with van der Waals surface area (Å²) in [4.78, 5) is 35.2. The molecule has 0 aliphatic carbocycles. The Balaban J connectivity index is 1.46. The fraction of sp³-hybridized carbons (Fsp3) is 0.323. The summed E-state index contributed by atoms with van der Waals surface area (Å²) < 4.78 is 12.8. The van der Waals surface area contributed by atoms with E-state index in [0.717, 1.165) is 21.6 Å². The summed E-state index contributed by atoms with van der Waals surface area (Å²) in [5, 5.41) is 30.2. The second-order valence-electron chi connectivity index (χ2n) is 9.77. The summed E-state index contributed by atoms with van der Waals surface area (Å²) in [6.07, 6.45) is 0.642. The van der Waals surface area contributed by atoms with Crippen LogP contribution in [0.5, 0.6) is 0 Å². The van der Waals surface area contributed by atoms with Gasteiger partial charge in [-0.05, 0) is 60.4 Å². The SMILES string of the molecule is O=C(O)CCCCC(=O)Nc1cccc([C@H]2O[C@@H](CSc3ccc(C(=O)O)cc3)C[C@@H](c3ccc(CO)cc3)O2)c1. The molecular weight excluding hydrogens is 546 g/mol. The van der Waals surface area contributed by atoms with Crippen LogP contribution >= 0.6 is 11.8 Å². The highest BCUT2D eigenvalue weighted by atomic mass is 32.2. The molecule has 3 atom stereocenters. The highest BCUT2D eigenvalue weighted by Crippen LogP contribution is 2.40. The number of carboxylic acids is 2. The Morgan fingerprint density at radius 2 is 1.61 bits per heavy atom. The van der Waals surface area contributed by atoms with E-state index in [0.29, 0.717) is 30.7 Å². The predicted octanol–water partition coefficient (Wildman–Crippen LogP) is 5.80. The highest BCUT2D eigenvalue weighted by Gasteiger charge is 2.32. The molecule has 1 aliphatic heterocycles. The normalized spacial score (nSPS) is 18.5. The zero-order valence-corrected chi connectivity index (χ0v) is 23.2. The maximum absolute atomic E-state index is 12.4. The van der Waals surface area contributed by atoms with Gasteiger partial charge in [0.15, 0.2) is 6.29 Å². The number of aromatic carboxylic acids is 1. The maximum atomic E-state index is 12.4. The molecule has 0 radical (unpaired) electrons. The number of hydrogen-bond acceptors (Lipinski definition) is 7. The number of ether oxygens (including phenoxy) is 2. The first kappa shape index (κ1) is 30.3. The van der Waals surface area contributed by atoms with Gasteiger partial charge < -0.3 is 30.1 Å². The zero-order chi connectivity index (χ0) is 29.2. The molecule has 0 bridgehead atoms. The number of carbonyl (C=O) groups is 3. The standard InChI is InChI=1S/C31H33NO8S/c33-18-20-8-10-21(11-9-20)27-17-25(19-41-26-14-12-22(13-15-26)30(37)38)39-31(40-27)23-4-3-5-24(16-23)32-28(34)6-1-2-7-29(35)36/h3-5,8-16,25,27,31,33H,1-2,6-7,17-19H2,(H,32,34)(H,35,36)(H,37,38)/t25-,27+,31+/m1/s1. The molecular formula is C31H33NO8S. The lowest BCUT2D eigenvalue weighted by Crippen LogP contribution is -2.31. The first-order valence-corrected chi connectivity index (χ1v) is 14.4. The van der Waals surface area contributed by atoms with Gasteiger partial charge in [0, 0.05) is 41.2 Å². The molecule has 10 heteroatoms. The number of anilines is 1. The Morgan fingerprint density at radius 3 is 2.29 bits per heavy atom. The number of unbranched alkanes of at least 4 members (excludes halogenated alkanes) is 1. The molecule has 0 saturated carbocycles. The number of carboxylic acid groups (broad SMARTS) is 2. The molecule has 216 valence electrons. The topological polar surface area (TPSA) is 142 Å². The molecule has 1 saturated heterocycles. The van der Waals surface area contributed by atoms with Gasteiger partial charge in [-0.1, -0.05) is 36.4 Å². The van der Waals surface area contributed by atoms with Crippen molar-refractivity contribution in [1.29, 1.82) is 0 Å². The fourth-order valence-electron chi connectivity index (χ4n) is 4.45. The molecule has 1 amide bonds. The van der Waals surface area contributed by atoms with Crippen molar-refractivity contribution in [3.05, 3.63) is 95.1 Å². The van der Waals surface area contributed by atoms with Crippen LogP contribution in [-0.2, 0) is 25.7 Å². The van der Waals surface area contributed by atoms with E-state index < -0.39 is 18.2 Å². The number of thioether (sulfide) groups is 1. The van der Waals surface area contributed by atoms with E-state index in [9.17, 15) is 19.5 Å². The average Bonchev–Trinajstić information content (AvgIpc) is 2.98. The smallest absolute Gasteiger partial charge is 0.335 e. The van der Waals surface area contributed by atoms with Crippen molar-refractivity contribution >= 4 is 35.3 Å². The first-order chi connectivity index (χ1) is 19.8. The third-order valence-corrected chi connectivity index (χ3v) is 7.78. The van der Waals surface area contributed by atoms with Crippen molar-refractivity contribution in [2.24, 2.45) is 0 Å². The van der Waals surface area contributed by atoms with Crippen LogP contribution < -0.4 is 5.32 Å². The molecule has 3 aromatic carbocycles. The van der Waals surface area contributed by atoms with Crippen molar-refractivity contribution in [2.45, 2.75) is 62.1 Å². The third-order valence-electron chi connectivity index (χ3n) is 6.64.